The van der Waals surface area contributed by atoms with Gasteiger partial charge in [0.2, 0.25) is 0 Å². The fourth-order valence-electron chi connectivity index (χ4n) is 1.94. The molecule has 3 heteroatoms. The van der Waals surface area contributed by atoms with Crippen LogP contribution in [-0.4, -0.2) is 35.6 Å². The van der Waals surface area contributed by atoms with Gasteiger partial charge in [0.15, 0.2) is 0 Å². The van der Waals surface area contributed by atoms with E-state index in [9.17, 15) is 4.79 Å². The topological polar surface area (TPSA) is 40.5 Å². The van der Waals surface area contributed by atoms with Gasteiger partial charge in [-0.15, -0.1) is 0 Å². The van der Waals surface area contributed by atoms with Crippen LogP contribution in [0.3, 0.4) is 0 Å². The lowest BCUT2D eigenvalue weighted by Crippen LogP contribution is -2.38. The third-order valence-electron chi connectivity index (χ3n) is 3.84. The Labute approximate surface area is 128 Å². The summed E-state index contributed by atoms with van der Waals surface area (Å²) in [7, 11) is 1.84. The third kappa shape index (κ3) is 4.61. The molecule has 0 aliphatic rings. The molecule has 0 heterocycles. The number of aliphatic hydroxyl groups is 1. The van der Waals surface area contributed by atoms with Crippen LogP contribution in [0.1, 0.15) is 48.7 Å². The lowest BCUT2D eigenvalue weighted by Gasteiger charge is -2.28. The summed E-state index contributed by atoms with van der Waals surface area (Å²) in [5, 5.41) is 8.78. The lowest BCUT2D eigenvalue weighted by molar-refractivity contribution is 0.0707. The Morgan fingerprint density at radius 1 is 1.33 bits per heavy atom. The average Bonchev–Trinajstić information content (AvgIpc) is 2.47. The monoisotopic (exact) mass is 287 g/mol. The van der Waals surface area contributed by atoms with Gasteiger partial charge in [-0.2, -0.15) is 0 Å². The van der Waals surface area contributed by atoms with Crippen LogP contribution < -0.4 is 0 Å². The molecular formula is C18H25NO2. The number of aliphatic hydroxyl groups excluding tert-OH is 1. The molecule has 3 nitrogen and oxygen atoms in total. The molecule has 0 bridgehead atoms. The van der Waals surface area contributed by atoms with Crippen molar-refractivity contribution in [3.05, 3.63) is 34.9 Å². The van der Waals surface area contributed by atoms with E-state index in [1.54, 1.807) is 4.90 Å². The minimum atomic E-state index is 0.0152. The van der Waals surface area contributed by atoms with Crippen molar-refractivity contribution in [1.29, 1.82) is 0 Å². The largest absolute Gasteiger partial charge is 0.395 e. The van der Waals surface area contributed by atoms with E-state index in [0.29, 0.717) is 17.9 Å². The maximum atomic E-state index is 12.5. The quantitative estimate of drug-likeness (QED) is 0.865. The second-order valence-electron chi connectivity index (χ2n) is 5.71. The van der Waals surface area contributed by atoms with Gasteiger partial charge in [-0.25, -0.2) is 0 Å². The van der Waals surface area contributed by atoms with E-state index >= 15 is 0 Å². The van der Waals surface area contributed by atoms with Crippen LogP contribution in [0.2, 0.25) is 0 Å². The van der Waals surface area contributed by atoms with Crippen molar-refractivity contribution in [2.24, 2.45) is 5.92 Å². The molecule has 0 saturated carbocycles. The van der Waals surface area contributed by atoms with Crippen LogP contribution in [-0.2, 0) is 0 Å². The van der Waals surface area contributed by atoms with Crippen LogP contribution in [0.15, 0.2) is 18.2 Å². The summed E-state index contributed by atoms with van der Waals surface area (Å²) >= 11 is 0. The lowest BCUT2D eigenvalue weighted by atomic mass is 10.0. The molecule has 1 aromatic carbocycles. The third-order valence-corrected chi connectivity index (χ3v) is 3.84. The highest BCUT2D eigenvalue weighted by Gasteiger charge is 2.20. The second-order valence-corrected chi connectivity index (χ2v) is 5.71. The Balaban J connectivity index is 3.02. The van der Waals surface area contributed by atoms with E-state index in [0.717, 1.165) is 11.1 Å². The summed E-state index contributed by atoms with van der Waals surface area (Å²) in [5.74, 6) is 6.35. The number of nitrogens with zero attached hydrogens (tertiary/aromatic N) is 1. The van der Waals surface area contributed by atoms with Crippen molar-refractivity contribution in [3.8, 4) is 11.8 Å². The predicted molar refractivity (Wildman–Crippen MR) is 86.2 cm³/mol. The molecule has 0 saturated heterocycles. The minimum absolute atomic E-state index is 0.0152. The zero-order valence-electron chi connectivity index (χ0n) is 13.6. The molecular weight excluding hydrogens is 262 g/mol. The average molecular weight is 287 g/mol. The highest BCUT2D eigenvalue weighted by Crippen LogP contribution is 2.15. The van der Waals surface area contributed by atoms with E-state index in [4.69, 9.17) is 5.11 Å². The molecule has 0 aromatic heterocycles. The molecule has 1 atom stereocenters. The normalized spacial score (nSPS) is 11.8. The van der Waals surface area contributed by atoms with Crippen LogP contribution in [0.5, 0.6) is 0 Å². The summed E-state index contributed by atoms with van der Waals surface area (Å²) in [5.41, 5.74) is 2.54. The summed E-state index contributed by atoms with van der Waals surface area (Å²) in [4.78, 5) is 14.3. The molecule has 0 radical (unpaired) electrons. The Morgan fingerprint density at radius 2 is 2.00 bits per heavy atom. The standard InChI is InChI=1S/C18H25NO2/c1-13(2)15(4)19(5)18(21)17-10-9-14(3)16(12-17)8-6-7-11-20/h9-10,12-13,15,20H,7,11H2,1-5H3. The van der Waals surface area contributed by atoms with Gasteiger partial charge in [-0.05, 0) is 37.5 Å². The van der Waals surface area contributed by atoms with E-state index in [1.165, 1.54) is 0 Å². The number of carbonyl (C=O) groups excluding carboxylic acids is 1. The molecule has 1 rings (SSSR count). The number of amides is 1. The van der Waals surface area contributed by atoms with Gasteiger partial charge < -0.3 is 10.0 Å². The molecule has 1 aromatic rings. The van der Waals surface area contributed by atoms with Crippen molar-refractivity contribution < 1.29 is 9.90 Å². The van der Waals surface area contributed by atoms with Gasteiger partial charge in [0.05, 0.1) is 6.61 Å². The fourth-order valence-corrected chi connectivity index (χ4v) is 1.94. The van der Waals surface area contributed by atoms with Crippen LogP contribution in [0.25, 0.3) is 0 Å². The van der Waals surface area contributed by atoms with Crippen molar-refractivity contribution >= 4 is 5.91 Å². The first-order valence-electron chi connectivity index (χ1n) is 7.36. The smallest absolute Gasteiger partial charge is 0.253 e. The van der Waals surface area contributed by atoms with Crippen LogP contribution in [0.4, 0.5) is 0 Å². The number of hydrogen-bond donors (Lipinski definition) is 1. The first-order valence-corrected chi connectivity index (χ1v) is 7.36. The first kappa shape index (κ1) is 17.3. The second kappa shape index (κ2) is 7.85. The van der Waals surface area contributed by atoms with E-state index in [1.807, 2.05) is 32.2 Å². The van der Waals surface area contributed by atoms with Crippen LogP contribution >= 0.6 is 0 Å². The van der Waals surface area contributed by atoms with Crippen molar-refractivity contribution in [3.63, 3.8) is 0 Å². The molecule has 0 aliphatic heterocycles. The number of aryl methyl sites for hydroxylation is 1. The molecule has 0 spiro atoms. The van der Waals surface area contributed by atoms with Crippen molar-refractivity contribution in [2.75, 3.05) is 13.7 Å². The Kier molecular flexibility index (Phi) is 6.45. The van der Waals surface area contributed by atoms with Gasteiger partial charge in [0.25, 0.3) is 5.91 Å². The molecule has 1 N–H and O–H groups in total. The highest BCUT2D eigenvalue weighted by molar-refractivity contribution is 5.94. The minimum Gasteiger partial charge on any atom is -0.395 e. The summed E-state index contributed by atoms with van der Waals surface area (Å²) < 4.78 is 0. The zero-order valence-corrected chi connectivity index (χ0v) is 13.6. The van der Waals surface area contributed by atoms with Crippen LogP contribution in [0, 0.1) is 24.7 Å². The van der Waals surface area contributed by atoms with Gasteiger partial charge in [0, 0.05) is 30.6 Å². The van der Waals surface area contributed by atoms with Gasteiger partial charge >= 0.3 is 0 Å². The fraction of sp³-hybridized carbons (Fsp3) is 0.500. The van der Waals surface area contributed by atoms with Gasteiger partial charge in [-0.3, -0.25) is 4.79 Å². The number of benzene rings is 1. The number of hydrogen-bond acceptors (Lipinski definition) is 2. The highest BCUT2D eigenvalue weighted by atomic mass is 16.2. The number of rotatable bonds is 4. The summed E-state index contributed by atoms with van der Waals surface area (Å²) in [6.45, 7) is 8.29. The van der Waals surface area contributed by atoms with Crippen molar-refractivity contribution in [2.45, 2.75) is 40.2 Å². The molecule has 0 aliphatic carbocycles. The molecule has 114 valence electrons. The van der Waals surface area contributed by atoms with Gasteiger partial charge in [0.1, 0.15) is 0 Å². The SMILES string of the molecule is Cc1ccc(C(=O)N(C)C(C)C(C)C)cc1C#CCCO. The van der Waals surface area contributed by atoms with E-state index in [2.05, 4.69) is 32.6 Å². The molecule has 1 amide bonds. The Bertz CT molecular complexity index is 552. The van der Waals surface area contributed by atoms with Crippen molar-refractivity contribution in [1.82, 2.24) is 4.90 Å². The molecule has 1 unspecified atom stereocenters. The summed E-state index contributed by atoms with van der Waals surface area (Å²) in [6.07, 6.45) is 0.446. The predicted octanol–water partition coefficient (Wildman–Crippen LogP) is 2.85. The first-order chi connectivity index (χ1) is 9.88. The van der Waals surface area contributed by atoms with Gasteiger partial charge in [-0.1, -0.05) is 31.8 Å². The maximum Gasteiger partial charge on any atom is 0.253 e. The van der Waals surface area contributed by atoms with E-state index in [-0.39, 0.29) is 18.6 Å². The summed E-state index contributed by atoms with van der Waals surface area (Å²) in [6, 6.07) is 5.79. The van der Waals surface area contributed by atoms with E-state index < -0.39 is 0 Å². The Hall–Kier alpha value is -1.79. The molecule has 0 fully saturated rings. The number of carbonyl (C=O) groups is 1. The molecule has 21 heavy (non-hydrogen) atoms. The zero-order chi connectivity index (χ0) is 16.0. The maximum absolute atomic E-state index is 12.5. The Morgan fingerprint density at radius 3 is 2.57 bits per heavy atom.